The van der Waals surface area contributed by atoms with Crippen LogP contribution in [0.5, 0.6) is 0 Å². The van der Waals surface area contributed by atoms with Crippen LogP contribution in [0.15, 0.2) is 70.5 Å². The number of fused-ring (bicyclic) bond motifs is 2. The first-order chi connectivity index (χ1) is 13.4. The highest BCUT2D eigenvalue weighted by Crippen LogP contribution is 2.43. The average Bonchev–Trinajstić information content (AvgIpc) is 2.65. The van der Waals surface area contributed by atoms with Crippen LogP contribution in [-0.2, 0) is 22.2 Å². The monoisotopic (exact) mass is 410 g/mol. The lowest BCUT2D eigenvalue weighted by molar-refractivity contribution is 0.561. The van der Waals surface area contributed by atoms with Crippen molar-refractivity contribution >= 4 is 43.7 Å². The molecular weight excluding hydrogens is 392 g/mol. The van der Waals surface area contributed by atoms with Crippen LogP contribution in [0.1, 0.15) is 11.1 Å². The Bertz CT molecular complexity index is 1190. The highest BCUT2D eigenvalue weighted by Gasteiger charge is 2.24. The largest absolute Gasteiger partial charge is 0.302 e. The molecule has 0 aliphatic carbocycles. The van der Waals surface area contributed by atoms with E-state index in [4.69, 9.17) is 0 Å². The third-order valence-electron chi connectivity index (χ3n) is 4.97. The third kappa shape index (κ3) is 2.99. The molecule has 0 aliphatic rings. The van der Waals surface area contributed by atoms with Crippen LogP contribution in [0, 0.1) is 13.8 Å². The van der Waals surface area contributed by atoms with Gasteiger partial charge in [0.15, 0.2) is 22.2 Å². The number of hydrogen-bond acceptors (Lipinski definition) is 2. The Balaban J connectivity index is 2.34. The molecule has 2 unspecified atom stereocenters. The summed E-state index contributed by atoms with van der Waals surface area (Å²) < 4.78 is 44.9. The van der Waals surface area contributed by atoms with Gasteiger partial charge in [-0.05, 0) is 46.5 Å². The van der Waals surface area contributed by atoms with Gasteiger partial charge in [0, 0.05) is 11.1 Å². The Hall–Kier alpha value is -2.38. The van der Waals surface area contributed by atoms with Crippen molar-refractivity contribution in [1.29, 1.82) is 0 Å². The van der Waals surface area contributed by atoms with Gasteiger partial charge >= 0.3 is 0 Å². The first-order valence-corrected chi connectivity index (χ1v) is 10.9. The molecule has 2 atom stereocenters. The predicted octanol–water partition coefficient (Wildman–Crippen LogP) is 5.44. The molecule has 4 rings (SSSR count). The minimum Gasteiger partial charge on any atom is -0.302 e. The minimum atomic E-state index is -2.26. The van der Waals surface area contributed by atoms with Gasteiger partial charge in [0.05, 0.1) is 9.79 Å². The van der Waals surface area contributed by atoms with Crippen molar-refractivity contribution in [1.82, 2.24) is 0 Å². The maximum Gasteiger partial charge on any atom is 0.187 e. The van der Waals surface area contributed by atoms with Crippen LogP contribution >= 0.6 is 0 Å². The maximum absolute atomic E-state index is 12.3. The third-order valence-corrected chi connectivity index (χ3v) is 6.72. The lowest BCUT2D eigenvalue weighted by atomic mass is 9.91. The quantitative estimate of drug-likeness (QED) is 0.441. The Labute approximate surface area is 167 Å². The van der Waals surface area contributed by atoms with Crippen molar-refractivity contribution in [3.05, 3.63) is 71.8 Å². The fourth-order valence-electron chi connectivity index (χ4n) is 3.88. The number of rotatable bonds is 3. The van der Waals surface area contributed by atoms with Gasteiger partial charge in [0.25, 0.3) is 0 Å². The van der Waals surface area contributed by atoms with Gasteiger partial charge in [0.1, 0.15) is 0 Å². The van der Waals surface area contributed by atoms with Gasteiger partial charge in [0.2, 0.25) is 0 Å². The Morgan fingerprint density at radius 2 is 1.00 bits per heavy atom. The minimum absolute atomic E-state index is 0.265. The molecule has 6 heteroatoms. The zero-order valence-corrected chi connectivity index (χ0v) is 16.9. The van der Waals surface area contributed by atoms with Gasteiger partial charge in [-0.1, -0.05) is 60.7 Å². The summed E-state index contributed by atoms with van der Waals surface area (Å²) in [4.78, 5) is 0.530. The second-order valence-corrected chi connectivity index (χ2v) is 8.55. The molecule has 4 nitrogen and oxygen atoms in total. The maximum atomic E-state index is 12.3. The van der Waals surface area contributed by atoms with Gasteiger partial charge < -0.3 is 9.11 Å². The fourth-order valence-corrected chi connectivity index (χ4v) is 5.33. The second-order valence-electron chi connectivity index (χ2n) is 6.74. The Morgan fingerprint density at radius 3 is 1.36 bits per heavy atom. The summed E-state index contributed by atoms with van der Waals surface area (Å²) in [6.45, 7) is 3.57. The van der Waals surface area contributed by atoms with Crippen LogP contribution in [0.4, 0.5) is 0 Å². The number of aryl methyl sites for hydroxylation is 2. The Morgan fingerprint density at radius 1 is 0.643 bits per heavy atom. The second kappa shape index (κ2) is 7.22. The van der Waals surface area contributed by atoms with E-state index in [9.17, 15) is 17.5 Å². The highest BCUT2D eigenvalue weighted by molar-refractivity contribution is 7.80. The molecule has 0 aliphatic heterocycles. The van der Waals surface area contributed by atoms with Crippen molar-refractivity contribution in [2.45, 2.75) is 23.6 Å². The zero-order chi connectivity index (χ0) is 20.0. The van der Waals surface area contributed by atoms with E-state index in [-0.39, 0.29) is 9.79 Å². The Kier molecular flexibility index (Phi) is 4.89. The summed E-state index contributed by atoms with van der Waals surface area (Å²) in [5.74, 6) is 0. The number of benzene rings is 4. The topological polar surface area (TPSA) is 74.6 Å². The average molecular weight is 411 g/mol. The van der Waals surface area contributed by atoms with E-state index in [1.54, 1.807) is 13.8 Å². The molecule has 0 spiro atoms. The van der Waals surface area contributed by atoms with Gasteiger partial charge in [-0.3, -0.25) is 0 Å². The van der Waals surface area contributed by atoms with Crippen molar-refractivity contribution < 1.29 is 17.5 Å². The predicted molar refractivity (Wildman–Crippen MR) is 114 cm³/mol. The van der Waals surface area contributed by atoms with E-state index in [0.717, 1.165) is 21.5 Å². The molecule has 2 N–H and O–H groups in total. The molecule has 0 saturated heterocycles. The molecule has 0 fully saturated rings. The van der Waals surface area contributed by atoms with E-state index >= 15 is 0 Å². The molecular formula is C22H18O4S2. The molecule has 0 heterocycles. The van der Waals surface area contributed by atoms with E-state index in [2.05, 4.69) is 0 Å². The van der Waals surface area contributed by atoms with Crippen molar-refractivity contribution in [2.24, 2.45) is 0 Å². The molecule has 4 aromatic rings. The van der Waals surface area contributed by atoms with Crippen LogP contribution in [0.25, 0.3) is 32.7 Å². The van der Waals surface area contributed by atoms with Crippen LogP contribution in [0.2, 0.25) is 0 Å². The van der Waals surface area contributed by atoms with E-state index in [0.29, 0.717) is 22.3 Å². The summed E-state index contributed by atoms with van der Waals surface area (Å²) in [5.41, 5.74) is 2.40. The fraction of sp³-hybridized carbons (Fsp3) is 0.0909. The van der Waals surface area contributed by atoms with E-state index in [1.807, 2.05) is 60.7 Å². The summed E-state index contributed by atoms with van der Waals surface area (Å²) in [7, 11) is 0. The molecule has 0 amide bonds. The molecule has 4 aromatic carbocycles. The smallest absolute Gasteiger partial charge is 0.187 e. The van der Waals surface area contributed by atoms with Crippen molar-refractivity contribution in [2.75, 3.05) is 0 Å². The van der Waals surface area contributed by atoms with Gasteiger partial charge in [-0.2, -0.15) is 0 Å². The lowest BCUT2D eigenvalue weighted by Gasteiger charge is -2.19. The molecule has 0 aromatic heterocycles. The first-order valence-electron chi connectivity index (χ1n) is 8.67. The summed E-state index contributed by atoms with van der Waals surface area (Å²) in [6, 6.07) is 18.9. The standard InChI is InChI=1S/C22H18O4S2/c1-13-11-15-7-3-5-9-17(15)19(21(13)27(23)24)20-18-10-6-4-8-16(18)12-14(2)22(20)28(25)26/h3-12H,1-2H3,(H,23,24)(H,25,26). The van der Waals surface area contributed by atoms with E-state index < -0.39 is 22.2 Å². The van der Waals surface area contributed by atoms with Crippen molar-refractivity contribution in [3.8, 4) is 11.1 Å². The number of hydrogen-bond donors (Lipinski definition) is 2. The molecule has 0 saturated carbocycles. The first kappa shape index (κ1) is 19.0. The molecule has 28 heavy (non-hydrogen) atoms. The zero-order valence-electron chi connectivity index (χ0n) is 15.3. The van der Waals surface area contributed by atoms with Gasteiger partial charge in [-0.25, -0.2) is 8.42 Å². The van der Waals surface area contributed by atoms with Gasteiger partial charge in [-0.15, -0.1) is 0 Å². The van der Waals surface area contributed by atoms with Crippen LogP contribution < -0.4 is 0 Å². The SMILES string of the molecule is Cc1cc2ccccc2c(-c2c(S(=O)O)c(C)cc3ccccc23)c1S(=O)O. The summed E-state index contributed by atoms with van der Waals surface area (Å²) >= 11 is -4.52. The van der Waals surface area contributed by atoms with Crippen LogP contribution in [-0.4, -0.2) is 17.5 Å². The normalized spacial score (nSPS) is 13.7. The molecule has 0 radical (unpaired) electrons. The molecule has 142 valence electrons. The molecule has 0 bridgehead atoms. The summed E-state index contributed by atoms with van der Waals surface area (Å²) in [5, 5.41) is 3.36. The van der Waals surface area contributed by atoms with Crippen molar-refractivity contribution in [3.63, 3.8) is 0 Å². The van der Waals surface area contributed by atoms with Crippen LogP contribution in [0.3, 0.4) is 0 Å². The highest BCUT2D eigenvalue weighted by atomic mass is 32.2. The lowest BCUT2D eigenvalue weighted by Crippen LogP contribution is -2.03. The summed E-state index contributed by atoms with van der Waals surface area (Å²) in [6.07, 6.45) is 0. The van der Waals surface area contributed by atoms with E-state index in [1.165, 1.54) is 0 Å².